The van der Waals surface area contributed by atoms with E-state index in [1.807, 2.05) is 16.8 Å². The molecule has 6 heteroatoms. The fourth-order valence-corrected chi connectivity index (χ4v) is 8.11. The molecule has 0 radical (unpaired) electrons. The SMILES string of the molecule is CCCCCCCN(C)C(=O)C1CCCN1C(=O)C1CCCCC1C(=O)N(C1CCCCC1)C1CCCCC1. The van der Waals surface area contributed by atoms with Gasteiger partial charge in [-0.1, -0.05) is 84.0 Å². The van der Waals surface area contributed by atoms with Gasteiger partial charge in [0.15, 0.2) is 0 Å². The maximum atomic E-state index is 14.4. The molecule has 4 fully saturated rings. The summed E-state index contributed by atoms with van der Waals surface area (Å²) in [7, 11) is 1.91. The van der Waals surface area contributed by atoms with Gasteiger partial charge in [-0.3, -0.25) is 14.4 Å². The molecule has 4 rings (SSSR count). The Hall–Kier alpha value is -1.59. The maximum absolute atomic E-state index is 14.4. The van der Waals surface area contributed by atoms with Gasteiger partial charge in [-0.2, -0.15) is 0 Å². The van der Waals surface area contributed by atoms with Gasteiger partial charge in [-0.05, 0) is 57.8 Å². The minimum absolute atomic E-state index is 0.0903. The van der Waals surface area contributed by atoms with E-state index in [0.717, 1.165) is 83.6 Å². The van der Waals surface area contributed by atoms with E-state index < -0.39 is 0 Å². The van der Waals surface area contributed by atoms with E-state index in [0.29, 0.717) is 18.6 Å². The Kier molecular flexibility index (Phi) is 12.0. The van der Waals surface area contributed by atoms with Gasteiger partial charge < -0.3 is 14.7 Å². The quantitative estimate of drug-likeness (QED) is 0.272. The van der Waals surface area contributed by atoms with Crippen LogP contribution in [0.25, 0.3) is 0 Å². The largest absolute Gasteiger partial charge is 0.344 e. The lowest BCUT2D eigenvalue weighted by Gasteiger charge is -2.45. The molecular formula is C33H57N3O3. The average Bonchev–Trinajstić information content (AvgIpc) is 3.47. The maximum Gasteiger partial charge on any atom is 0.245 e. The second-order valence-electron chi connectivity index (χ2n) is 13.2. The number of nitrogens with zero attached hydrogens (tertiary/aromatic N) is 3. The number of rotatable bonds is 11. The van der Waals surface area contributed by atoms with Gasteiger partial charge in [0.2, 0.25) is 17.7 Å². The molecule has 1 aliphatic heterocycles. The highest BCUT2D eigenvalue weighted by atomic mass is 16.2. The molecule has 0 spiro atoms. The van der Waals surface area contributed by atoms with Crippen molar-refractivity contribution in [2.24, 2.45) is 11.8 Å². The monoisotopic (exact) mass is 543 g/mol. The Morgan fingerprint density at radius 1 is 0.641 bits per heavy atom. The Labute approximate surface area is 238 Å². The third-order valence-electron chi connectivity index (χ3n) is 10.4. The molecule has 3 amide bonds. The zero-order valence-corrected chi connectivity index (χ0v) is 25.2. The van der Waals surface area contributed by atoms with Gasteiger partial charge in [0.25, 0.3) is 0 Å². The Bertz CT molecular complexity index is 771. The standard InChI is InChI=1S/C33H57N3O3/c1-3-4-5-6-15-24-34(2)33(39)30-23-16-25-35(30)31(37)28-21-13-14-22-29(28)32(38)36(26-17-9-7-10-18-26)27-19-11-8-12-20-27/h26-30H,3-25H2,1-2H3. The van der Waals surface area contributed by atoms with Crippen molar-refractivity contribution in [3.05, 3.63) is 0 Å². The molecule has 1 saturated heterocycles. The van der Waals surface area contributed by atoms with Crippen molar-refractivity contribution >= 4 is 17.7 Å². The summed E-state index contributed by atoms with van der Waals surface area (Å²) >= 11 is 0. The number of hydrogen-bond donors (Lipinski definition) is 0. The van der Waals surface area contributed by atoms with Crippen LogP contribution in [0.5, 0.6) is 0 Å². The molecule has 3 unspecified atom stereocenters. The summed E-state index contributed by atoms with van der Waals surface area (Å²) < 4.78 is 0. The molecular weight excluding hydrogens is 486 g/mol. The predicted molar refractivity (Wildman–Crippen MR) is 157 cm³/mol. The summed E-state index contributed by atoms with van der Waals surface area (Å²) in [6, 6.07) is 0.377. The Morgan fingerprint density at radius 2 is 1.21 bits per heavy atom. The highest BCUT2D eigenvalue weighted by Crippen LogP contribution is 2.38. The number of amides is 3. The van der Waals surface area contributed by atoms with E-state index in [1.165, 1.54) is 57.8 Å². The van der Waals surface area contributed by atoms with E-state index in [1.54, 1.807) is 0 Å². The molecule has 1 heterocycles. The summed E-state index contributed by atoms with van der Waals surface area (Å²) in [5.74, 6) is 0.00287. The van der Waals surface area contributed by atoms with Crippen LogP contribution in [0.4, 0.5) is 0 Å². The van der Waals surface area contributed by atoms with E-state index in [9.17, 15) is 14.4 Å². The van der Waals surface area contributed by atoms with E-state index >= 15 is 0 Å². The molecule has 39 heavy (non-hydrogen) atoms. The number of likely N-dealkylation sites (tertiary alicyclic amines) is 1. The third kappa shape index (κ3) is 7.79. The first kappa shape index (κ1) is 30.4. The molecule has 3 aliphatic carbocycles. The molecule has 0 aromatic rings. The van der Waals surface area contributed by atoms with Crippen LogP contribution in [0, 0.1) is 11.8 Å². The van der Waals surface area contributed by atoms with Crippen molar-refractivity contribution < 1.29 is 14.4 Å². The second kappa shape index (κ2) is 15.4. The van der Waals surface area contributed by atoms with Gasteiger partial charge in [-0.25, -0.2) is 0 Å². The van der Waals surface area contributed by atoms with E-state index in [2.05, 4.69) is 11.8 Å². The minimum Gasteiger partial charge on any atom is -0.344 e. The number of likely N-dealkylation sites (N-methyl/N-ethyl adjacent to an activating group) is 1. The van der Waals surface area contributed by atoms with Crippen molar-refractivity contribution in [3.63, 3.8) is 0 Å². The topological polar surface area (TPSA) is 60.9 Å². The van der Waals surface area contributed by atoms with Gasteiger partial charge in [0.1, 0.15) is 6.04 Å². The first-order valence-electron chi connectivity index (χ1n) is 16.9. The number of carbonyl (C=O) groups is 3. The van der Waals surface area contributed by atoms with Gasteiger partial charge >= 0.3 is 0 Å². The normalized spacial score (nSPS) is 26.9. The third-order valence-corrected chi connectivity index (χ3v) is 10.4. The lowest BCUT2D eigenvalue weighted by atomic mass is 9.76. The minimum atomic E-state index is -0.344. The summed E-state index contributed by atoms with van der Waals surface area (Å²) in [6.45, 7) is 3.64. The van der Waals surface area contributed by atoms with Gasteiger partial charge in [-0.15, -0.1) is 0 Å². The highest BCUT2D eigenvalue weighted by Gasteiger charge is 2.46. The molecule has 3 saturated carbocycles. The molecule has 4 aliphatic rings. The second-order valence-corrected chi connectivity index (χ2v) is 13.2. The summed E-state index contributed by atoms with van der Waals surface area (Å²) in [5, 5.41) is 0. The molecule has 0 N–H and O–H groups in total. The predicted octanol–water partition coefficient (Wildman–Crippen LogP) is 6.71. The van der Waals surface area contributed by atoms with Crippen LogP contribution in [0.1, 0.15) is 142 Å². The molecule has 0 aromatic carbocycles. The van der Waals surface area contributed by atoms with E-state index in [-0.39, 0.29) is 35.6 Å². The average molecular weight is 544 g/mol. The Balaban J connectivity index is 1.44. The Morgan fingerprint density at radius 3 is 1.82 bits per heavy atom. The van der Waals surface area contributed by atoms with Crippen LogP contribution in [0.2, 0.25) is 0 Å². The fraction of sp³-hybridized carbons (Fsp3) is 0.909. The lowest BCUT2D eigenvalue weighted by molar-refractivity contribution is -0.154. The smallest absolute Gasteiger partial charge is 0.245 e. The van der Waals surface area contributed by atoms with Gasteiger partial charge in [0.05, 0.1) is 0 Å². The van der Waals surface area contributed by atoms with Crippen LogP contribution in [-0.4, -0.2) is 70.7 Å². The van der Waals surface area contributed by atoms with E-state index in [4.69, 9.17) is 0 Å². The zero-order valence-electron chi connectivity index (χ0n) is 25.2. The number of carbonyl (C=O) groups excluding carboxylic acids is 3. The highest BCUT2D eigenvalue weighted by molar-refractivity contribution is 5.92. The van der Waals surface area contributed by atoms with Crippen molar-refractivity contribution in [1.82, 2.24) is 14.7 Å². The summed E-state index contributed by atoms with van der Waals surface area (Å²) in [4.78, 5) is 48.1. The first-order valence-corrected chi connectivity index (χ1v) is 16.9. The van der Waals surface area contributed by atoms with Crippen molar-refractivity contribution in [1.29, 1.82) is 0 Å². The number of unbranched alkanes of at least 4 members (excludes halogenated alkanes) is 4. The summed E-state index contributed by atoms with van der Waals surface area (Å²) in [5.41, 5.74) is 0. The van der Waals surface area contributed by atoms with Crippen molar-refractivity contribution in [2.75, 3.05) is 20.1 Å². The molecule has 6 nitrogen and oxygen atoms in total. The van der Waals surface area contributed by atoms with Crippen LogP contribution < -0.4 is 0 Å². The van der Waals surface area contributed by atoms with Gasteiger partial charge in [0, 0.05) is 44.1 Å². The number of hydrogen-bond acceptors (Lipinski definition) is 3. The van der Waals surface area contributed by atoms with Crippen molar-refractivity contribution in [3.8, 4) is 0 Å². The molecule has 0 bridgehead atoms. The van der Waals surface area contributed by atoms with Crippen molar-refractivity contribution in [2.45, 2.75) is 160 Å². The summed E-state index contributed by atoms with van der Waals surface area (Å²) in [6.07, 6.45) is 23.1. The zero-order chi connectivity index (χ0) is 27.6. The fourth-order valence-electron chi connectivity index (χ4n) is 8.11. The molecule has 0 aromatic heterocycles. The van der Waals surface area contributed by atoms with Crippen LogP contribution in [0.3, 0.4) is 0 Å². The first-order chi connectivity index (χ1) is 19.0. The van der Waals surface area contributed by atoms with Crippen LogP contribution >= 0.6 is 0 Å². The molecule has 3 atom stereocenters. The van der Waals surface area contributed by atoms with Crippen LogP contribution in [-0.2, 0) is 14.4 Å². The van der Waals surface area contributed by atoms with Crippen LogP contribution in [0.15, 0.2) is 0 Å². The molecule has 222 valence electrons. The lowest BCUT2D eigenvalue weighted by Crippen LogP contribution is -2.55.